The lowest BCUT2D eigenvalue weighted by atomic mass is 10.0. The Morgan fingerprint density at radius 1 is 1.16 bits per heavy atom. The highest BCUT2D eigenvalue weighted by molar-refractivity contribution is 5.80. The number of rotatable bonds is 6. The SMILES string of the molecule is COc1ccccc1CC(=O)NC(c1ccccc1)c1nccn1C. The van der Waals surface area contributed by atoms with Crippen molar-refractivity contribution < 1.29 is 9.53 Å². The van der Waals surface area contributed by atoms with Crippen molar-refractivity contribution in [1.29, 1.82) is 0 Å². The van der Waals surface area contributed by atoms with Crippen LogP contribution in [0.15, 0.2) is 67.0 Å². The number of para-hydroxylation sites is 1. The monoisotopic (exact) mass is 335 g/mol. The van der Waals surface area contributed by atoms with Gasteiger partial charge in [-0.2, -0.15) is 0 Å². The molecule has 3 rings (SSSR count). The van der Waals surface area contributed by atoms with Gasteiger partial charge in [0.1, 0.15) is 17.6 Å². The summed E-state index contributed by atoms with van der Waals surface area (Å²) in [5.41, 5.74) is 1.85. The minimum Gasteiger partial charge on any atom is -0.496 e. The minimum atomic E-state index is -0.302. The Hall–Kier alpha value is -3.08. The smallest absolute Gasteiger partial charge is 0.225 e. The number of methoxy groups -OCH3 is 1. The molecule has 0 aliphatic heterocycles. The Morgan fingerprint density at radius 2 is 1.88 bits per heavy atom. The van der Waals surface area contributed by atoms with Gasteiger partial charge in [0.25, 0.3) is 0 Å². The zero-order valence-corrected chi connectivity index (χ0v) is 14.3. The van der Waals surface area contributed by atoms with Gasteiger partial charge in [-0.25, -0.2) is 4.98 Å². The first-order chi connectivity index (χ1) is 12.2. The van der Waals surface area contributed by atoms with Gasteiger partial charge in [0.05, 0.1) is 13.5 Å². The topological polar surface area (TPSA) is 56.1 Å². The molecule has 25 heavy (non-hydrogen) atoms. The van der Waals surface area contributed by atoms with Crippen LogP contribution in [0.25, 0.3) is 0 Å². The number of carbonyl (C=O) groups excluding carboxylic acids is 1. The van der Waals surface area contributed by atoms with E-state index in [9.17, 15) is 4.79 Å². The fourth-order valence-corrected chi connectivity index (χ4v) is 2.83. The second-order valence-electron chi connectivity index (χ2n) is 5.80. The lowest BCUT2D eigenvalue weighted by Gasteiger charge is -2.19. The summed E-state index contributed by atoms with van der Waals surface area (Å²) in [7, 11) is 3.53. The Bertz CT molecular complexity index is 843. The molecule has 0 saturated carbocycles. The molecule has 0 aliphatic carbocycles. The maximum Gasteiger partial charge on any atom is 0.225 e. The lowest BCUT2D eigenvalue weighted by Crippen LogP contribution is -2.32. The van der Waals surface area contributed by atoms with Gasteiger partial charge >= 0.3 is 0 Å². The van der Waals surface area contributed by atoms with Crippen molar-refractivity contribution in [1.82, 2.24) is 14.9 Å². The number of nitrogens with zero attached hydrogens (tertiary/aromatic N) is 2. The standard InChI is InChI=1S/C20H21N3O2/c1-23-13-12-21-20(23)19(15-8-4-3-5-9-15)22-18(24)14-16-10-6-7-11-17(16)25-2/h3-13,19H,14H2,1-2H3,(H,22,24). The van der Waals surface area contributed by atoms with E-state index >= 15 is 0 Å². The second-order valence-corrected chi connectivity index (χ2v) is 5.80. The van der Waals surface area contributed by atoms with Crippen molar-refractivity contribution in [3.63, 3.8) is 0 Å². The van der Waals surface area contributed by atoms with Crippen molar-refractivity contribution in [2.75, 3.05) is 7.11 Å². The van der Waals surface area contributed by atoms with Crippen LogP contribution in [0.1, 0.15) is 23.0 Å². The molecule has 1 unspecified atom stereocenters. The number of nitrogens with one attached hydrogen (secondary N) is 1. The van der Waals surface area contributed by atoms with Gasteiger partial charge in [-0.15, -0.1) is 0 Å². The molecule has 0 aliphatic rings. The highest BCUT2D eigenvalue weighted by atomic mass is 16.5. The van der Waals surface area contributed by atoms with Crippen molar-refractivity contribution in [2.45, 2.75) is 12.5 Å². The van der Waals surface area contributed by atoms with Gasteiger partial charge in [0.2, 0.25) is 5.91 Å². The Labute approximate surface area is 147 Å². The number of hydrogen-bond donors (Lipinski definition) is 1. The lowest BCUT2D eigenvalue weighted by molar-refractivity contribution is -0.121. The predicted octanol–water partition coefficient (Wildman–Crippen LogP) is 2.88. The molecule has 1 atom stereocenters. The third kappa shape index (κ3) is 3.88. The van der Waals surface area contributed by atoms with Crippen LogP contribution >= 0.6 is 0 Å². The van der Waals surface area contributed by atoms with E-state index in [-0.39, 0.29) is 18.4 Å². The largest absolute Gasteiger partial charge is 0.496 e. The van der Waals surface area contributed by atoms with Crippen LogP contribution in [0.2, 0.25) is 0 Å². The first kappa shape index (κ1) is 16.8. The van der Waals surface area contributed by atoms with Gasteiger partial charge in [0, 0.05) is 25.0 Å². The van der Waals surface area contributed by atoms with Crippen LogP contribution in [0.5, 0.6) is 5.75 Å². The van der Waals surface area contributed by atoms with Crippen LogP contribution in [0.4, 0.5) is 0 Å². The van der Waals surface area contributed by atoms with E-state index in [1.165, 1.54) is 0 Å². The highest BCUT2D eigenvalue weighted by Crippen LogP contribution is 2.22. The van der Waals surface area contributed by atoms with Crippen molar-refractivity contribution >= 4 is 5.91 Å². The third-order valence-corrected chi connectivity index (χ3v) is 4.10. The van der Waals surface area contributed by atoms with Crippen LogP contribution < -0.4 is 10.1 Å². The Kier molecular flexibility index (Phi) is 5.14. The molecule has 5 nitrogen and oxygen atoms in total. The molecule has 0 bridgehead atoms. The fraction of sp³-hybridized carbons (Fsp3) is 0.200. The van der Waals surface area contributed by atoms with E-state index in [0.29, 0.717) is 5.75 Å². The first-order valence-corrected chi connectivity index (χ1v) is 8.12. The summed E-state index contributed by atoms with van der Waals surface area (Å²) in [6, 6.07) is 17.1. The number of hydrogen-bond acceptors (Lipinski definition) is 3. The molecule has 1 aromatic heterocycles. The van der Waals surface area contributed by atoms with E-state index in [1.807, 2.05) is 72.4 Å². The summed E-state index contributed by atoms with van der Waals surface area (Å²) in [6.45, 7) is 0. The summed E-state index contributed by atoms with van der Waals surface area (Å²) in [6.07, 6.45) is 3.85. The molecule has 5 heteroatoms. The highest BCUT2D eigenvalue weighted by Gasteiger charge is 2.21. The van der Waals surface area contributed by atoms with Crippen molar-refractivity contribution in [3.8, 4) is 5.75 Å². The summed E-state index contributed by atoms with van der Waals surface area (Å²) in [5, 5.41) is 3.10. The number of aryl methyl sites for hydroxylation is 1. The van der Waals surface area contributed by atoms with Gasteiger partial charge < -0.3 is 14.6 Å². The fourth-order valence-electron chi connectivity index (χ4n) is 2.83. The number of benzene rings is 2. The zero-order valence-electron chi connectivity index (χ0n) is 14.3. The molecule has 1 heterocycles. The van der Waals surface area contributed by atoms with Crippen molar-refractivity contribution in [3.05, 3.63) is 83.9 Å². The molecule has 0 fully saturated rings. The Morgan fingerprint density at radius 3 is 2.56 bits per heavy atom. The molecule has 128 valence electrons. The van der Waals surface area contributed by atoms with Crippen molar-refractivity contribution in [2.24, 2.45) is 7.05 Å². The van der Waals surface area contributed by atoms with E-state index in [2.05, 4.69) is 10.3 Å². The summed E-state index contributed by atoms with van der Waals surface area (Å²) in [5.74, 6) is 1.42. The van der Waals surface area contributed by atoms with Crippen LogP contribution in [0, 0.1) is 0 Å². The molecule has 2 aromatic carbocycles. The number of amides is 1. The van der Waals surface area contributed by atoms with E-state index in [4.69, 9.17) is 4.74 Å². The van der Waals surface area contributed by atoms with Gasteiger partial charge in [-0.1, -0.05) is 48.5 Å². The third-order valence-electron chi connectivity index (χ3n) is 4.10. The van der Waals surface area contributed by atoms with E-state index < -0.39 is 0 Å². The number of imidazole rings is 1. The van der Waals surface area contributed by atoms with Crippen LogP contribution in [-0.4, -0.2) is 22.6 Å². The maximum absolute atomic E-state index is 12.7. The van der Waals surface area contributed by atoms with Crippen LogP contribution in [-0.2, 0) is 18.3 Å². The van der Waals surface area contributed by atoms with Crippen LogP contribution in [0.3, 0.4) is 0 Å². The number of ether oxygens (including phenoxy) is 1. The van der Waals surface area contributed by atoms with Gasteiger partial charge in [0.15, 0.2) is 0 Å². The molecule has 0 saturated heterocycles. The first-order valence-electron chi connectivity index (χ1n) is 8.12. The number of aromatic nitrogens is 2. The molecule has 0 spiro atoms. The van der Waals surface area contributed by atoms with Gasteiger partial charge in [-0.3, -0.25) is 4.79 Å². The maximum atomic E-state index is 12.7. The quantitative estimate of drug-likeness (QED) is 0.753. The predicted molar refractivity (Wildman–Crippen MR) is 96.3 cm³/mol. The van der Waals surface area contributed by atoms with E-state index in [0.717, 1.165) is 17.0 Å². The van der Waals surface area contributed by atoms with E-state index in [1.54, 1.807) is 13.3 Å². The summed E-state index contributed by atoms with van der Waals surface area (Å²) < 4.78 is 7.25. The van der Waals surface area contributed by atoms with Gasteiger partial charge in [-0.05, 0) is 11.6 Å². The summed E-state index contributed by atoms with van der Waals surface area (Å²) in [4.78, 5) is 17.1. The Balaban J connectivity index is 1.83. The molecule has 0 radical (unpaired) electrons. The molecule has 1 amide bonds. The second kappa shape index (κ2) is 7.66. The molecular formula is C20H21N3O2. The molecule has 3 aromatic rings. The average Bonchev–Trinajstić information content (AvgIpc) is 3.06. The zero-order chi connectivity index (χ0) is 17.6. The molecule has 1 N–H and O–H groups in total. The average molecular weight is 335 g/mol. The minimum absolute atomic E-state index is 0.0821. The molecular weight excluding hydrogens is 314 g/mol. The normalized spacial score (nSPS) is 11.8. The summed E-state index contributed by atoms with van der Waals surface area (Å²) >= 11 is 0. The number of carbonyl (C=O) groups is 1.